The number of hydrogen-bond acceptors (Lipinski definition) is 2. The minimum Gasteiger partial charge on any atom is -0.311 e. The van der Waals surface area contributed by atoms with Gasteiger partial charge in [0, 0.05) is 5.54 Å². The van der Waals surface area contributed by atoms with Crippen LogP contribution in [0.2, 0.25) is 0 Å². The van der Waals surface area contributed by atoms with E-state index in [2.05, 4.69) is 63.2 Å². The van der Waals surface area contributed by atoms with Crippen molar-refractivity contribution in [1.82, 2.24) is 10.2 Å². The number of nitrogens with zero attached hydrogens (tertiary/aromatic N) is 1. The molecular formula is C18H30N2. The fourth-order valence-corrected chi connectivity index (χ4v) is 3.62. The Hall–Kier alpha value is -0.860. The molecule has 1 aliphatic rings. The van der Waals surface area contributed by atoms with Gasteiger partial charge in [0.25, 0.3) is 0 Å². The molecule has 1 heterocycles. The molecule has 112 valence electrons. The number of hydrogen-bond donors (Lipinski definition) is 1. The first-order valence-electron chi connectivity index (χ1n) is 8.02. The standard InChI is InChI=1S/C18H30N2/c1-6-18(4,20-11-7-8-12-20)17(19-5)16-10-9-14(2)15(3)13-16/h9-10,13,17,19H,6-8,11-12H2,1-5H3. The van der Waals surface area contributed by atoms with E-state index in [1.807, 2.05) is 0 Å². The first kappa shape index (κ1) is 15.5. The molecule has 2 unspecified atom stereocenters. The largest absolute Gasteiger partial charge is 0.311 e. The van der Waals surface area contributed by atoms with Gasteiger partial charge in [-0.25, -0.2) is 0 Å². The van der Waals surface area contributed by atoms with Crippen LogP contribution in [-0.4, -0.2) is 30.6 Å². The van der Waals surface area contributed by atoms with Crippen LogP contribution in [0, 0.1) is 13.8 Å². The van der Waals surface area contributed by atoms with Crippen molar-refractivity contribution in [1.29, 1.82) is 0 Å². The molecule has 2 heteroatoms. The van der Waals surface area contributed by atoms with Crippen molar-refractivity contribution in [2.45, 2.75) is 58.5 Å². The average molecular weight is 274 g/mol. The van der Waals surface area contributed by atoms with E-state index in [1.165, 1.54) is 49.0 Å². The lowest BCUT2D eigenvalue weighted by atomic mass is 9.82. The van der Waals surface area contributed by atoms with Crippen LogP contribution in [0.4, 0.5) is 0 Å². The van der Waals surface area contributed by atoms with Crippen LogP contribution in [-0.2, 0) is 0 Å². The maximum Gasteiger partial charge on any atom is 0.0502 e. The number of rotatable bonds is 5. The summed E-state index contributed by atoms with van der Waals surface area (Å²) in [6, 6.07) is 7.31. The van der Waals surface area contributed by atoms with Gasteiger partial charge in [0.05, 0.1) is 6.04 Å². The molecule has 0 aromatic heterocycles. The van der Waals surface area contributed by atoms with Crippen molar-refractivity contribution in [2.75, 3.05) is 20.1 Å². The summed E-state index contributed by atoms with van der Waals surface area (Å²) in [5.41, 5.74) is 4.39. The maximum atomic E-state index is 3.59. The topological polar surface area (TPSA) is 15.3 Å². The Bertz CT molecular complexity index is 449. The van der Waals surface area contributed by atoms with Gasteiger partial charge in [-0.2, -0.15) is 0 Å². The third-order valence-electron chi connectivity index (χ3n) is 5.32. The van der Waals surface area contributed by atoms with E-state index in [0.717, 1.165) is 0 Å². The average Bonchev–Trinajstić information content (AvgIpc) is 2.98. The number of benzene rings is 1. The van der Waals surface area contributed by atoms with Gasteiger partial charge < -0.3 is 5.32 Å². The zero-order chi connectivity index (χ0) is 14.8. The summed E-state index contributed by atoms with van der Waals surface area (Å²) < 4.78 is 0. The van der Waals surface area contributed by atoms with Gasteiger partial charge >= 0.3 is 0 Å². The van der Waals surface area contributed by atoms with Crippen LogP contribution < -0.4 is 5.32 Å². The molecule has 0 spiro atoms. The first-order valence-corrected chi connectivity index (χ1v) is 8.02. The van der Waals surface area contributed by atoms with Crippen LogP contribution in [0.15, 0.2) is 18.2 Å². The molecule has 1 aromatic carbocycles. The fraction of sp³-hybridized carbons (Fsp3) is 0.667. The van der Waals surface area contributed by atoms with Crippen molar-refractivity contribution in [2.24, 2.45) is 0 Å². The minimum atomic E-state index is 0.201. The third-order valence-corrected chi connectivity index (χ3v) is 5.32. The van der Waals surface area contributed by atoms with E-state index in [-0.39, 0.29) is 5.54 Å². The molecule has 1 fully saturated rings. The molecular weight excluding hydrogens is 244 g/mol. The molecule has 0 saturated carbocycles. The Labute approximate surface area is 124 Å². The second kappa shape index (κ2) is 6.28. The van der Waals surface area contributed by atoms with Crippen LogP contribution in [0.1, 0.15) is 55.8 Å². The van der Waals surface area contributed by atoms with Gasteiger partial charge in [-0.15, -0.1) is 0 Å². The molecule has 1 N–H and O–H groups in total. The first-order chi connectivity index (χ1) is 9.52. The van der Waals surface area contributed by atoms with E-state index in [9.17, 15) is 0 Å². The summed E-state index contributed by atoms with van der Waals surface area (Å²) in [6.07, 6.45) is 3.86. The maximum absolute atomic E-state index is 3.59. The molecule has 2 atom stereocenters. The molecule has 0 bridgehead atoms. The third kappa shape index (κ3) is 2.77. The van der Waals surface area contributed by atoms with Crippen LogP contribution in [0.25, 0.3) is 0 Å². The summed E-state index contributed by atoms with van der Waals surface area (Å²) in [7, 11) is 2.10. The Balaban J connectivity index is 2.35. The Morgan fingerprint density at radius 2 is 1.85 bits per heavy atom. The van der Waals surface area contributed by atoms with Gasteiger partial charge in [-0.1, -0.05) is 25.1 Å². The number of likely N-dealkylation sites (N-methyl/N-ethyl adjacent to an activating group) is 1. The quantitative estimate of drug-likeness (QED) is 0.878. The second-order valence-corrected chi connectivity index (χ2v) is 6.47. The zero-order valence-corrected chi connectivity index (χ0v) is 13.8. The molecule has 2 rings (SSSR count). The van der Waals surface area contributed by atoms with Gasteiger partial charge in [-0.05, 0) is 76.9 Å². The number of nitrogens with one attached hydrogen (secondary N) is 1. The summed E-state index contributed by atoms with van der Waals surface area (Å²) in [5, 5.41) is 3.59. The van der Waals surface area contributed by atoms with Crippen molar-refractivity contribution in [3.8, 4) is 0 Å². The molecule has 2 nitrogen and oxygen atoms in total. The molecule has 1 aliphatic heterocycles. The summed E-state index contributed by atoms with van der Waals surface area (Å²) >= 11 is 0. The summed E-state index contributed by atoms with van der Waals surface area (Å²) in [4.78, 5) is 2.68. The number of likely N-dealkylation sites (tertiary alicyclic amines) is 1. The van der Waals surface area contributed by atoms with Crippen molar-refractivity contribution < 1.29 is 0 Å². The number of aryl methyl sites for hydroxylation is 2. The Morgan fingerprint density at radius 3 is 2.35 bits per heavy atom. The summed E-state index contributed by atoms with van der Waals surface area (Å²) in [6.45, 7) is 11.6. The fourth-order valence-electron chi connectivity index (χ4n) is 3.62. The molecule has 1 aromatic rings. The monoisotopic (exact) mass is 274 g/mol. The molecule has 20 heavy (non-hydrogen) atoms. The second-order valence-electron chi connectivity index (χ2n) is 6.47. The lowest BCUT2D eigenvalue weighted by molar-refractivity contribution is 0.0873. The van der Waals surface area contributed by atoms with Crippen LogP contribution >= 0.6 is 0 Å². The minimum absolute atomic E-state index is 0.201. The van der Waals surface area contributed by atoms with Crippen LogP contribution in [0.3, 0.4) is 0 Å². The van der Waals surface area contributed by atoms with Gasteiger partial charge in [-0.3, -0.25) is 4.90 Å². The summed E-state index contributed by atoms with van der Waals surface area (Å²) in [5.74, 6) is 0. The van der Waals surface area contributed by atoms with E-state index in [1.54, 1.807) is 0 Å². The van der Waals surface area contributed by atoms with E-state index in [0.29, 0.717) is 6.04 Å². The van der Waals surface area contributed by atoms with Gasteiger partial charge in [0.2, 0.25) is 0 Å². The highest BCUT2D eigenvalue weighted by molar-refractivity contribution is 5.33. The smallest absolute Gasteiger partial charge is 0.0502 e. The van der Waals surface area contributed by atoms with Crippen molar-refractivity contribution >= 4 is 0 Å². The Morgan fingerprint density at radius 1 is 1.20 bits per heavy atom. The Kier molecular flexibility index (Phi) is 4.87. The highest BCUT2D eigenvalue weighted by Gasteiger charge is 2.39. The van der Waals surface area contributed by atoms with Gasteiger partial charge in [0.1, 0.15) is 0 Å². The lowest BCUT2D eigenvalue weighted by Gasteiger charge is -2.45. The van der Waals surface area contributed by atoms with Gasteiger partial charge in [0.15, 0.2) is 0 Å². The predicted octanol–water partition coefficient (Wildman–Crippen LogP) is 3.83. The van der Waals surface area contributed by atoms with Crippen LogP contribution in [0.5, 0.6) is 0 Å². The predicted molar refractivity (Wildman–Crippen MR) is 87.2 cm³/mol. The highest BCUT2D eigenvalue weighted by atomic mass is 15.2. The molecule has 0 aliphatic carbocycles. The van der Waals surface area contributed by atoms with E-state index >= 15 is 0 Å². The SMILES string of the molecule is CCC(C)(C(NC)c1ccc(C)c(C)c1)N1CCCC1. The molecule has 1 saturated heterocycles. The molecule has 0 radical (unpaired) electrons. The van der Waals surface area contributed by atoms with E-state index < -0.39 is 0 Å². The van der Waals surface area contributed by atoms with Crippen molar-refractivity contribution in [3.63, 3.8) is 0 Å². The zero-order valence-electron chi connectivity index (χ0n) is 13.8. The lowest BCUT2D eigenvalue weighted by Crippen LogP contribution is -2.52. The highest BCUT2D eigenvalue weighted by Crippen LogP contribution is 2.36. The van der Waals surface area contributed by atoms with Crippen molar-refractivity contribution in [3.05, 3.63) is 34.9 Å². The van der Waals surface area contributed by atoms with E-state index in [4.69, 9.17) is 0 Å². The molecule has 0 amide bonds. The normalized spacial score (nSPS) is 20.9.